The standard InChI is InChI=1S/C34H33N3O2/c1-2-24-13-15-25(16-14-24)30-10-4-5-11-31(30)33(38)35-28-19-17-26(18-20-28)34(39)37-23-29-9-7-21-36(29)22-27-8-3-6-12-32(27)37/h3-6,8,10-20,29H,2,7,9,21-23H2,1H3,(H,35,38)/t29-/m1/s1. The number of hydrogen-bond donors (Lipinski definition) is 1. The molecule has 2 amide bonds. The fraction of sp³-hybridized carbons (Fsp3) is 0.235. The quantitative estimate of drug-likeness (QED) is 0.318. The Labute approximate surface area is 230 Å². The lowest BCUT2D eigenvalue weighted by Crippen LogP contribution is -2.40. The molecule has 1 fully saturated rings. The zero-order chi connectivity index (χ0) is 26.8. The molecular formula is C34H33N3O2. The number of anilines is 2. The molecule has 2 heterocycles. The third kappa shape index (κ3) is 5.10. The monoisotopic (exact) mass is 515 g/mol. The van der Waals surface area contributed by atoms with E-state index in [1.165, 1.54) is 17.5 Å². The van der Waals surface area contributed by atoms with Crippen LogP contribution in [-0.2, 0) is 13.0 Å². The molecule has 5 nitrogen and oxygen atoms in total. The van der Waals surface area contributed by atoms with Crippen molar-refractivity contribution in [2.45, 2.75) is 38.8 Å². The lowest BCUT2D eigenvalue weighted by Gasteiger charge is -2.26. The van der Waals surface area contributed by atoms with Crippen LogP contribution in [0.4, 0.5) is 11.4 Å². The number of rotatable bonds is 5. The normalized spacial score (nSPS) is 16.7. The van der Waals surface area contributed by atoms with E-state index in [0.717, 1.165) is 42.7 Å². The van der Waals surface area contributed by atoms with Crippen LogP contribution in [0, 0.1) is 0 Å². The summed E-state index contributed by atoms with van der Waals surface area (Å²) in [5.74, 6) is -0.179. The number of carbonyl (C=O) groups is 2. The molecule has 2 aliphatic heterocycles. The van der Waals surface area contributed by atoms with Crippen LogP contribution in [-0.4, -0.2) is 35.8 Å². The van der Waals surface area contributed by atoms with Gasteiger partial charge in [-0.15, -0.1) is 0 Å². The second-order valence-electron chi connectivity index (χ2n) is 10.4. The van der Waals surface area contributed by atoms with Gasteiger partial charge in [0.05, 0.1) is 0 Å². The van der Waals surface area contributed by atoms with Gasteiger partial charge in [0.15, 0.2) is 0 Å². The number of amides is 2. The van der Waals surface area contributed by atoms with Crippen molar-refractivity contribution in [1.29, 1.82) is 0 Å². The largest absolute Gasteiger partial charge is 0.322 e. The van der Waals surface area contributed by atoms with E-state index in [9.17, 15) is 9.59 Å². The highest BCUT2D eigenvalue weighted by Crippen LogP contribution is 2.32. The molecule has 0 saturated carbocycles. The molecule has 5 heteroatoms. The number of hydrogen-bond acceptors (Lipinski definition) is 3. The fourth-order valence-corrected chi connectivity index (χ4v) is 5.84. The van der Waals surface area contributed by atoms with Crippen molar-refractivity contribution in [3.63, 3.8) is 0 Å². The predicted molar refractivity (Wildman–Crippen MR) is 157 cm³/mol. The van der Waals surface area contributed by atoms with Gasteiger partial charge >= 0.3 is 0 Å². The maximum atomic E-state index is 13.7. The summed E-state index contributed by atoms with van der Waals surface area (Å²) in [6.07, 6.45) is 3.27. The zero-order valence-electron chi connectivity index (χ0n) is 22.3. The predicted octanol–water partition coefficient (Wildman–Crippen LogP) is 6.79. The van der Waals surface area contributed by atoms with Crippen molar-refractivity contribution in [3.05, 3.63) is 119 Å². The van der Waals surface area contributed by atoms with E-state index in [2.05, 4.69) is 53.5 Å². The molecule has 1 atom stereocenters. The molecule has 4 aromatic carbocycles. The molecule has 0 unspecified atom stereocenters. The van der Waals surface area contributed by atoms with Gasteiger partial charge in [0.2, 0.25) is 0 Å². The molecule has 0 spiro atoms. The van der Waals surface area contributed by atoms with Crippen LogP contribution < -0.4 is 10.2 Å². The van der Waals surface area contributed by atoms with Gasteiger partial charge in [-0.1, -0.05) is 67.6 Å². The summed E-state index contributed by atoms with van der Waals surface area (Å²) >= 11 is 0. The Morgan fingerprint density at radius 1 is 0.872 bits per heavy atom. The Morgan fingerprint density at radius 3 is 2.41 bits per heavy atom. The number of nitrogens with one attached hydrogen (secondary N) is 1. The highest BCUT2D eigenvalue weighted by Gasteiger charge is 2.33. The summed E-state index contributed by atoms with van der Waals surface area (Å²) in [7, 11) is 0. The molecule has 0 aliphatic carbocycles. The summed E-state index contributed by atoms with van der Waals surface area (Å²) in [4.78, 5) is 31.5. The molecule has 4 aromatic rings. The van der Waals surface area contributed by atoms with Crippen molar-refractivity contribution < 1.29 is 9.59 Å². The van der Waals surface area contributed by atoms with Gasteiger partial charge in [-0.3, -0.25) is 14.5 Å². The van der Waals surface area contributed by atoms with Gasteiger partial charge in [-0.2, -0.15) is 0 Å². The summed E-state index contributed by atoms with van der Waals surface area (Å²) in [6, 6.07) is 31.9. The average molecular weight is 516 g/mol. The van der Waals surface area contributed by atoms with E-state index in [4.69, 9.17) is 0 Å². The fourth-order valence-electron chi connectivity index (χ4n) is 5.84. The number of benzene rings is 4. The minimum absolute atomic E-state index is 0.00468. The number of nitrogens with zero attached hydrogens (tertiary/aromatic N) is 2. The molecule has 1 N–H and O–H groups in total. The van der Waals surface area contributed by atoms with Crippen molar-refractivity contribution in [2.24, 2.45) is 0 Å². The molecule has 1 saturated heterocycles. The highest BCUT2D eigenvalue weighted by molar-refractivity contribution is 6.10. The second kappa shape index (κ2) is 10.9. The third-order valence-corrected chi connectivity index (χ3v) is 8.03. The van der Waals surface area contributed by atoms with E-state index in [0.29, 0.717) is 29.4 Å². The lowest BCUT2D eigenvalue weighted by atomic mass is 9.97. The summed E-state index contributed by atoms with van der Waals surface area (Å²) in [5, 5.41) is 3.02. The Bertz CT molecular complexity index is 1490. The van der Waals surface area contributed by atoms with Crippen LogP contribution >= 0.6 is 0 Å². The molecule has 0 bridgehead atoms. The molecule has 196 valence electrons. The van der Waals surface area contributed by atoms with E-state index in [1.807, 2.05) is 65.6 Å². The van der Waals surface area contributed by atoms with Crippen LogP contribution in [0.5, 0.6) is 0 Å². The maximum Gasteiger partial charge on any atom is 0.258 e. The first-order valence-corrected chi connectivity index (χ1v) is 13.8. The van der Waals surface area contributed by atoms with Gasteiger partial charge in [-0.25, -0.2) is 0 Å². The summed E-state index contributed by atoms with van der Waals surface area (Å²) < 4.78 is 0. The van der Waals surface area contributed by atoms with Gasteiger partial charge in [0, 0.05) is 41.6 Å². The van der Waals surface area contributed by atoms with Crippen molar-refractivity contribution in [1.82, 2.24) is 4.90 Å². The molecule has 6 rings (SSSR count). The van der Waals surface area contributed by atoms with Gasteiger partial charge in [-0.05, 0) is 84.5 Å². The summed E-state index contributed by atoms with van der Waals surface area (Å²) in [6.45, 7) is 4.80. The van der Waals surface area contributed by atoms with E-state index in [-0.39, 0.29) is 11.8 Å². The smallest absolute Gasteiger partial charge is 0.258 e. The number of fused-ring (bicyclic) bond motifs is 2. The van der Waals surface area contributed by atoms with E-state index < -0.39 is 0 Å². The maximum absolute atomic E-state index is 13.7. The Balaban J connectivity index is 1.21. The van der Waals surface area contributed by atoms with Crippen LogP contribution in [0.3, 0.4) is 0 Å². The molecule has 0 aromatic heterocycles. The average Bonchev–Trinajstić information content (AvgIpc) is 3.36. The van der Waals surface area contributed by atoms with Gasteiger partial charge in [0.1, 0.15) is 0 Å². The topological polar surface area (TPSA) is 52.7 Å². The third-order valence-electron chi connectivity index (χ3n) is 8.03. The first kappa shape index (κ1) is 25.1. The van der Waals surface area contributed by atoms with E-state index in [1.54, 1.807) is 0 Å². The Kier molecular flexibility index (Phi) is 6.99. The van der Waals surface area contributed by atoms with Crippen LogP contribution in [0.2, 0.25) is 0 Å². The molecule has 39 heavy (non-hydrogen) atoms. The van der Waals surface area contributed by atoms with Crippen molar-refractivity contribution in [2.75, 3.05) is 23.3 Å². The summed E-state index contributed by atoms with van der Waals surface area (Å²) in [5.41, 5.74) is 7.25. The first-order valence-electron chi connectivity index (χ1n) is 13.8. The zero-order valence-corrected chi connectivity index (χ0v) is 22.3. The van der Waals surface area contributed by atoms with Gasteiger partial charge in [0.25, 0.3) is 11.8 Å². The first-order chi connectivity index (χ1) is 19.1. The highest BCUT2D eigenvalue weighted by atomic mass is 16.2. The van der Waals surface area contributed by atoms with Gasteiger partial charge < -0.3 is 10.2 Å². The molecule has 0 radical (unpaired) electrons. The number of aryl methyl sites for hydroxylation is 1. The van der Waals surface area contributed by atoms with Crippen molar-refractivity contribution in [3.8, 4) is 11.1 Å². The minimum Gasteiger partial charge on any atom is -0.322 e. The minimum atomic E-state index is -0.174. The van der Waals surface area contributed by atoms with Crippen LogP contribution in [0.1, 0.15) is 51.6 Å². The number of para-hydroxylation sites is 1. The Hall–Kier alpha value is -4.22. The lowest BCUT2D eigenvalue weighted by molar-refractivity contribution is 0.0980. The molecular weight excluding hydrogens is 482 g/mol. The number of carbonyl (C=O) groups excluding carboxylic acids is 2. The second-order valence-corrected chi connectivity index (χ2v) is 10.4. The van der Waals surface area contributed by atoms with Crippen LogP contribution in [0.15, 0.2) is 97.1 Å². The molecule has 2 aliphatic rings. The van der Waals surface area contributed by atoms with E-state index >= 15 is 0 Å². The van der Waals surface area contributed by atoms with Crippen molar-refractivity contribution >= 4 is 23.2 Å². The Morgan fingerprint density at radius 2 is 1.62 bits per heavy atom. The SMILES string of the molecule is CCc1ccc(-c2ccccc2C(=O)Nc2ccc(C(=O)N3C[C@H]4CCCN4Cc4ccccc43)cc2)cc1. The van der Waals surface area contributed by atoms with Crippen LogP contribution in [0.25, 0.3) is 11.1 Å².